The van der Waals surface area contributed by atoms with Crippen LogP contribution in [0.5, 0.6) is 0 Å². The summed E-state index contributed by atoms with van der Waals surface area (Å²) in [5.41, 5.74) is 2.13. The van der Waals surface area contributed by atoms with Crippen LogP contribution in [0.15, 0.2) is 71.6 Å². The largest absolute Gasteiger partial charge is 0.325 e. The molecule has 1 amide bonds. The molecule has 0 aliphatic rings. The van der Waals surface area contributed by atoms with Crippen LogP contribution in [0.4, 0.5) is 5.69 Å². The predicted octanol–water partition coefficient (Wildman–Crippen LogP) is 5.69. The van der Waals surface area contributed by atoms with Gasteiger partial charge in [0.15, 0.2) is 0 Å². The monoisotopic (exact) mass is 335 g/mol. The number of nitrogens with one attached hydrogen (secondary N) is 1. The zero-order valence-corrected chi connectivity index (χ0v) is 14.8. The second-order valence-corrected chi connectivity index (χ2v) is 7.17. The third-order valence-electron chi connectivity index (χ3n) is 3.95. The highest BCUT2D eigenvalue weighted by Crippen LogP contribution is 2.24. The van der Waals surface area contributed by atoms with Crippen molar-refractivity contribution in [2.45, 2.75) is 24.7 Å². The summed E-state index contributed by atoms with van der Waals surface area (Å²) < 4.78 is 0. The number of hydrogen-bond acceptors (Lipinski definition) is 2. The minimum absolute atomic E-state index is 0.0189. The number of carbonyl (C=O) groups excluding carboxylic acids is 1. The average Bonchev–Trinajstić information content (AvgIpc) is 2.60. The fourth-order valence-corrected chi connectivity index (χ4v) is 3.30. The first-order chi connectivity index (χ1) is 11.6. The Morgan fingerprint density at radius 1 is 0.958 bits per heavy atom. The van der Waals surface area contributed by atoms with Gasteiger partial charge in [-0.2, -0.15) is 0 Å². The van der Waals surface area contributed by atoms with Gasteiger partial charge in [0.1, 0.15) is 0 Å². The number of fused-ring (bicyclic) bond motifs is 1. The lowest BCUT2D eigenvalue weighted by Crippen LogP contribution is -2.13. The van der Waals surface area contributed by atoms with E-state index in [1.807, 2.05) is 24.3 Å². The topological polar surface area (TPSA) is 29.1 Å². The summed E-state index contributed by atoms with van der Waals surface area (Å²) in [4.78, 5) is 13.2. The fourth-order valence-electron chi connectivity index (χ4n) is 2.55. The molecule has 3 rings (SSSR count). The lowest BCUT2D eigenvalue weighted by atomic mass is 10.0. The summed E-state index contributed by atoms with van der Waals surface area (Å²) in [6.45, 7) is 4.32. The number of thioether (sulfide) groups is 1. The molecule has 0 bridgehead atoms. The van der Waals surface area contributed by atoms with Gasteiger partial charge in [0.05, 0.1) is 5.75 Å². The second-order valence-electron chi connectivity index (χ2n) is 6.12. The van der Waals surface area contributed by atoms with Crippen LogP contribution in [-0.4, -0.2) is 11.7 Å². The van der Waals surface area contributed by atoms with E-state index < -0.39 is 0 Å². The first-order valence-corrected chi connectivity index (χ1v) is 9.12. The number of anilines is 1. The van der Waals surface area contributed by atoms with Crippen molar-refractivity contribution in [2.24, 2.45) is 0 Å². The van der Waals surface area contributed by atoms with E-state index in [1.165, 1.54) is 16.3 Å². The molecule has 0 aromatic heterocycles. The third-order valence-corrected chi connectivity index (χ3v) is 4.95. The molecule has 0 radical (unpaired) electrons. The molecule has 0 atom stereocenters. The molecule has 24 heavy (non-hydrogen) atoms. The Kier molecular flexibility index (Phi) is 5.21. The van der Waals surface area contributed by atoms with Crippen molar-refractivity contribution < 1.29 is 4.79 Å². The maximum atomic E-state index is 12.1. The summed E-state index contributed by atoms with van der Waals surface area (Å²) in [5.74, 6) is 0.924. The molecule has 0 saturated heterocycles. The maximum absolute atomic E-state index is 12.1. The van der Waals surface area contributed by atoms with Crippen LogP contribution in [0.2, 0.25) is 0 Å². The molecule has 0 aliphatic carbocycles. The average molecular weight is 335 g/mol. The van der Waals surface area contributed by atoms with Gasteiger partial charge in [-0.05, 0) is 46.5 Å². The Balaban J connectivity index is 1.58. The third kappa shape index (κ3) is 4.18. The number of benzene rings is 3. The highest BCUT2D eigenvalue weighted by atomic mass is 32.2. The normalized spacial score (nSPS) is 11.0. The quantitative estimate of drug-likeness (QED) is 0.606. The Bertz CT molecular complexity index is 840. The number of rotatable bonds is 5. The second kappa shape index (κ2) is 7.54. The van der Waals surface area contributed by atoms with Gasteiger partial charge in [0.2, 0.25) is 5.91 Å². The van der Waals surface area contributed by atoms with E-state index in [2.05, 4.69) is 61.6 Å². The van der Waals surface area contributed by atoms with Crippen molar-refractivity contribution in [3.63, 3.8) is 0 Å². The van der Waals surface area contributed by atoms with E-state index in [0.717, 1.165) is 10.6 Å². The van der Waals surface area contributed by atoms with E-state index in [-0.39, 0.29) is 5.91 Å². The molecular weight excluding hydrogens is 314 g/mol. The Labute approximate surface area is 147 Å². The van der Waals surface area contributed by atoms with Gasteiger partial charge >= 0.3 is 0 Å². The van der Waals surface area contributed by atoms with Crippen LogP contribution in [0, 0.1) is 0 Å². The predicted molar refractivity (Wildman–Crippen MR) is 104 cm³/mol. The molecule has 122 valence electrons. The van der Waals surface area contributed by atoms with Gasteiger partial charge in [0, 0.05) is 10.6 Å². The number of hydrogen-bond donors (Lipinski definition) is 1. The summed E-state index contributed by atoms with van der Waals surface area (Å²) in [6, 6.07) is 22.6. The highest BCUT2D eigenvalue weighted by Gasteiger charge is 2.05. The summed E-state index contributed by atoms with van der Waals surface area (Å²) in [5, 5.41) is 5.38. The number of carbonyl (C=O) groups is 1. The molecular formula is C21H21NOS. The van der Waals surface area contributed by atoms with Gasteiger partial charge in [-0.3, -0.25) is 4.79 Å². The van der Waals surface area contributed by atoms with E-state index in [9.17, 15) is 4.79 Å². The van der Waals surface area contributed by atoms with Gasteiger partial charge in [-0.1, -0.05) is 56.3 Å². The molecule has 0 unspecified atom stereocenters. The molecule has 1 N–H and O–H groups in total. The molecule has 0 spiro atoms. The minimum atomic E-state index is 0.0189. The maximum Gasteiger partial charge on any atom is 0.234 e. The molecule has 3 aromatic rings. The molecule has 0 fully saturated rings. The van der Waals surface area contributed by atoms with E-state index in [1.54, 1.807) is 11.8 Å². The molecule has 0 saturated carbocycles. The van der Waals surface area contributed by atoms with Crippen LogP contribution >= 0.6 is 11.8 Å². The zero-order valence-electron chi connectivity index (χ0n) is 14.0. The molecule has 0 heterocycles. The molecule has 0 aliphatic heterocycles. The van der Waals surface area contributed by atoms with Gasteiger partial charge in [-0.25, -0.2) is 0 Å². The van der Waals surface area contributed by atoms with Crippen LogP contribution in [-0.2, 0) is 4.79 Å². The Hall–Kier alpha value is -2.26. The van der Waals surface area contributed by atoms with Crippen molar-refractivity contribution in [1.82, 2.24) is 0 Å². The molecule has 3 aromatic carbocycles. The fraction of sp³-hybridized carbons (Fsp3) is 0.190. The van der Waals surface area contributed by atoms with Crippen molar-refractivity contribution >= 4 is 34.1 Å². The minimum Gasteiger partial charge on any atom is -0.325 e. The highest BCUT2D eigenvalue weighted by molar-refractivity contribution is 8.00. The van der Waals surface area contributed by atoms with Crippen LogP contribution in [0.1, 0.15) is 25.3 Å². The van der Waals surface area contributed by atoms with E-state index in [4.69, 9.17) is 0 Å². The lowest BCUT2D eigenvalue weighted by Gasteiger charge is -2.08. The van der Waals surface area contributed by atoms with Crippen molar-refractivity contribution in [2.75, 3.05) is 11.1 Å². The standard InChI is InChI=1S/C21H21NOS/c1-15(2)16-7-10-19(11-8-16)22-21(23)14-24-20-12-9-17-5-3-4-6-18(17)13-20/h3-13,15H,14H2,1-2H3,(H,22,23). The summed E-state index contributed by atoms with van der Waals surface area (Å²) in [6.07, 6.45) is 0. The van der Waals surface area contributed by atoms with E-state index >= 15 is 0 Å². The van der Waals surface area contributed by atoms with Crippen LogP contribution < -0.4 is 5.32 Å². The van der Waals surface area contributed by atoms with Crippen LogP contribution in [0.3, 0.4) is 0 Å². The molecule has 3 heteroatoms. The van der Waals surface area contributed by atoms with Gasteiger partial charge in [0.25, 0.3) is 0 Å². The summed E-state index contributed by atoms with van der Waals surface area (Å²) in [7, 11) is 0. The summed E-state index contributed by atoms with van der Waals surface area (Å²) >= 11 is 1.56. The van der Waals surface area contributed by atoms with Crippen molar-refractivity contribution in [3.05, 3.63) is 72.3 Å². The zero-order chi connectivity index (χ0) is 16.9. The first-order valence-electron chi connectivity index (χ1n) is 8.13. The van der Waals surface area contributed by atoms with Crippen LogP contribution in [0.25, 0.3) is 10.8 Å². The first kappa shape index (κ1) is 16.6. The van der Waals surface area contributed by atoms with Crippen molar-refractivity contribution in [3.8, 4) is 0 Å². The van der Waals surface area contributed by atoms with E-state index in [0.29, 0.717) is 11.7 Å². The lowest BCUT2D eigenvalue weighted by molar-refractivity contribution is -0.113. The molecule has 2 nitrogen and oxygen atoms in total. The van der Waals surface area contributed by atoms with Crippen molar-refractivity contribution in [1.29, 1.82) is 0 Å². The smallest absolute Gasteiger partial charge is 0.234 e. The SMILES string of the molecule is CC(C)c1ccc(NC(=O)CSc2ccc3ccccc3c2)cc1. The van der Waals surface area contributed by atoms with Gasteiger partial charge in [-0.15, -0.1) is 11.8 Å². The Morgan fingerprint density at radius 2 is 1.67 bits per heavy atom. The van der Waals surface area contributed by atoms with Gasteiger partial charge < -0.3 is 5.32 Å². The number of amides is 1. The Morgan fingerprint density at radius 3 is 2.38 bits per heavy atom.